The fourth-order valence-electron chi connectivity index (χ4n) is 3.08. The molecule has 21 heavy (non-hydrogen) atoms. The minimum Gasteiger partial charge on any atom is -0.455 e. The molecule has 0 saturated carbocycles. The molecule has 1 spiro atoms. The fraction of sp³-hybridized carbons (Fsp3) is 0.188. The van der Waals surface area contributed by atoms with Crippen LogP contribution in [0.5, 0.6) is 5.75 Å². The maximum atomic E-state index is 12.5. The van der Waals surface area contributed by atoms with E-state index in [4.69, 9.17) is 4.74 Å². The molecule has 2 aromatic rings. The normalized spacial score (nSPS) is 22.1. The van der Waals surface area contributed by atoms with Gasteiger partial charge in [0.1, 0.15) is 5.75 Å². The Labute approximate surface area is 122 Å². The van der Waals surface area contributed by atoms with Gasteiger partial charge >= 0.3 is 0 Å². The van der Waals surface area contributed by atoms with E-state index in [1.54, 1.807) is 0 Å². The third kappa shape index (κ3) is 1.58. The molecule has 3 N–H and O–H groups in total. The summed E-state index contributed by atoms with van der Waals surface area (Å²) in [4.78, 5) is 12.5. The topological polar surface area (TPSA) is 62.4 Å². The molecular weight excluding hydrogens is 266 g/mol. The van der Waals surface area contributed by atoms with Gasteiger partial charge in [-0.15, -0.1) is 0 Å². The fourth-order valence-corrected chi connectivity index (χ4v) is 3.08. The lowest BCUT2D eigenvalue weighted by Gasteiger charge is -2.36. The van der Waals surface area contributed by atoms with Crippen LogP contribution in [0.4, 0.5) is 11.4 Å². The van der Waals surface area contributed by atoms with E-state index < -0.39 is 5.72 Å². The summed E-state index contributed by atoms with van der Waals surface area (Å²) in [6.07, 6.45) is 0. The van der Waals surface area contributed by atoms with Gasteiger partial charge in [-0.05, 0) is 43.2 Å². The molecule has 2 heterocycles. The number of hydrogen-bond donors (Lipinski definition) is 3. The summed E-state index contributed by atoms with van der Waals surface area (Å²) in [6, 6.07) is 11.5. The molecule has 0 fully saturated rings. The van der Waals surface area contributed by atoms with Gasteiger partial charge in [-0.2, -0.15) is 5.43 Å². The van der Waals surface area contributed by atoms with Crippen LogP contribution in [0.2, 0.25) is 0 Å². The molecule has 2 aliphatic rings. The molecule has 0 aromatic heterocycles. The zero-order valence-corrected chi connectivity index (χ0v) is 11.8. The molecule has 2 aliphatic heterocycles. The van der Waals surface area contributed by atoms with Crippen LogP contribution in [-0.4, -0.2) is 5.91 Å². The molecule has 5 nitrogen and oxygen atoms in total. The van der Waals surface area contributed by atoms with Crippen LogP contribution in [0.15, 0.2) is 36.4 Å². The van der Waals surface area contributed by atoms with Crippen molar-refractivity contribution in [1.82, 2.24) is 5.43 Å². The maximum absolute atomic E-state index is 12.5. The maximum Gasteiger partial charge on any atom is 0.291 e. The number of hydrazine groups is 1. The zero-order valence-electron chi connectivity index (χ0n) is 11.8. The van der Waals surface area contributed by atoms with Crippen molar-refractivity contribution in [2.75, 3.05) is 10.7 Å². The second-order valence-electron chi connectivity index (χ2n) is 5.49. The Hall–Kier alpha value is -2.53. The lowest BCUT2D eigenvalue weighted by molar-refractivity contribution is -0.134. The highest BCUT2D eigenvalue weighted by atomic mass is 16.5. The first-order chi connectivity index (χ1) is 10.1. The Bertz CT molecular complexity index is 772. The van der Waals surface area contributed by atoms with Crippen molar-refractivity contribution in [1.29, 1.82) is 0 Å². The van der Waals surface area contributed by atoms with E-state index in [0.29, 0.717) is 5.75 Å². The number of aryl methyl sites for hydroxylation is 2. The summed E-state index contributed by atoms with van der Waals surface area (Å²) < 4.78 is 6.05. The average molecular weight is 281 g/mol. The van der Waals surface area contributed by atoms with E-state index in [-0.39, 0.29) is 5.91 Å². The molecule has 5 heteroatoms. The van der Waals surface area contributed by atoms with Crippen LogP contribution < -0.4 is 20.9 Å². The molecule has 4 rings (SSSR count). The highest BCUT2D eigenvalue weighted by Crippen LogP contribution is 2.43. The molecule has 0 unspecified atom stereocenters. The highest BCUT2D eigenvalue weighted by Gasteiger charge is 2.52. The van der Waals surface area contributed by atoms with E-state index >= 15 is 0 Å². The van der Waals surface area contributed by atoms with E-state index in [9.17, 15) is 4.79 Å². The van der Waals surface area contributed by atoms with E-state index in [1.807, 2.05) is 50.2 Å². The first kappa shape index (κ1) is 12.2. The van der Waals surface area contributed by atoms with Crippen LogP contribution in [0.3, 0.4) is 0 Å². The predicted octanol–water partition coefficient (Wildman–Crippen LogP) is 2.42. The van der Waals surface area contributed by atoms with Gasteiger partial charge in [0.25, 0.3) is 11.6 Å². The van der Waals surface area contributed by atoms with Gasteiger partial charge in [0.15, 0.2) is 0 Å². The molecule has 0 aliphatic carbocycles. The number of carbonyl (C=O) groups is 1. The minimum atomic E-state index is -1.22. The predicted molar refractivity (Wildman–Crippen MR) is 80.1 cm³/mol. The summed E-state index contributed by atoms with van der Waals surface area (Å²) in [5.74, 6) is 0.437. The number of benzene rings is 2. The standard InChI is InChI=1S/C16H15N3O2/c1-9-7-10(2)14-12(8-9)17-15(20)16(14)19-18-11-5-3-4-6-13(11)21-16/h3-8,18-19H,1-2H3,(H,17,20)/t16-/m1/s1. The molecule has 2 aromatic carbocycles. The number of nitrogens with one attached hydrogen (secondary N) is 3. The number of anilines is 2. The molecule has 1 atom stereocenters. The third-order valence-corrected chi connectivity index (χ3v) is 3.92. The van der Waals surface area contributed by atoms with Gasteiger partial charge in [-0.3, -0.25) is 4.79 Å². The molecule has 0 saturated heterocycles. The van der Waals surface area contributed by atoms with Crippen molar-refractivity contribution >= 4 is 17.3 Å². The van der Waals surface area contributed by atoms with Gasteiger partial charge < -0.3 is 15.5 Å². The Balaban J connectivity index is 1.90. The van der Waals surface area contributed by atoms with Crippen molar-refractivity contribution in [2.45, 2.75) is 19.6 Å². The number of fused-ring (bicyclic) bond motifs is 3. The van der Waals surface area contributed by atoms with Crippen LogP contribution in [0.25, 0.3) is 0 Å². The SMILES string of the molecule is Cc1cc(C)c2c(c1)NC(=O)[C@@]21NNc2ccccc2O1. The Kier molecular flexibility index (Phi) is 2.32. The van der Waals surface area contributed by atoms with Gasteiger partial charge in [-0.25, -0.2) is 0 Å². The summed E-state index contributed by atoms with van der Waals surface area (Å²) in [6.45, 7) is 3.99. The number of carbonyl (C=O) groups excluding carboxylic acids is 1. The second-order valence-corrected chi connectivity index (χ2v) is 5.49. The van der Waals surface area contributed by atoms with Crippen LogP contribution >= 0.6 is 0 Å². The van der Waals surface area contributed by atoms with Gasteiger partial charge in [0.2, 0.25) is 0 Å². The summed E-state index contributed by atoms with van der Waals surface area (Å²) in [7, 11) is 0. The third-order valence-electron chi connectivity index (χ3n) is 3.92. The van der Waals surface area contributed by atoms with Crippen LogP contribution in [-0.2, 0) is 10.5 Å². The van der Waals surface area contributed by atoms with Gasteiger partial charge in [-0.1, -0.05) is 18.2 Å². The Morgan fingerprint density at radius 2 is 1.90 bits per heavy atom. The van der Waals surface area contributed by atoms with Gasteiger partial charge in [0, 0.05) is 5.56 Å². The molecule has 106 valence electrons. The van der Waals surface area contributed by atoms with E-state index in [0.717, 1.165) is 28.1 Å². The lowest BCUT2D eigenvalue weighted by atomic mass is 9.96. The van der Waals surface area contributed by atoms with E-state index in [2.05, 4.69) is 16.2 Å². The summed E-state index contributed by atoms with van der Waals surface area (Å²) >= 11 is 0. The quantitative estimate of drug-likeness (QED) is 0.694. The average Bonchev–Trinajstić information content (AvgIpc) is 2.71. The first-order valence-corrected chi connectivity index (χ1v) is 6.84. The van der Waals surface area contributed by atoms with Crippen molar-refractivity contribution in [3.8, 4) is 5.75 Å². The summed E-state index contributed by atoms with van der Waals surface area (Å²) in [5, 5.41) is 2.90. The van der Waals surface area contributed by atoms with Gasteiger partial charge in [0.05, 0.1) is 11.4 Å². The van der Waals surface area contributed by atoms with Crippen molar-refractivity contribution in [3.63, 3.8) is 0 Å². The molecular formula is C16H15N3O2. The van der Waals surface area contributed by atoms with Crippen LogP contribution in [0.1, 0.15) is 16.7 Å². The molecule has 0 radical (unpaired) electrons. The number of amides is 1. The van der Waals surface area contributed by atoms with Crippen LogP contribution in [0, 0.1) is 13.8 Å². The number of para-hydroxylation sites is 2. The van der Waals surface area contributed by atoms with Crippen molar-refractivity contribution in [2.24, 2.45) is 0 Å². The zero-order chi connectivity index (χ0) is 14.6. The van der Waals surface area contributed by atoms with Crippen molar-refractivity contribution < 1.29 is 9.53 Å². The second kappa shape index (κ2) is 3.99. The number of ether oxygens (including phenoxy) is 1. The Morgan fingerprint density at radius 3 is 2.76 bits per heavy atom. The molecule has 1 amide bonds. The Morgan fingerprint density at radius 1 is 1.10 bits per heavy atom. The monoisotopic (exact) mass is 281 g/mol. The highest BCUT2D eigenvalue weighted by molar-refractivity contribution is 6.06. The minimum absolute atomic E-state index is 0.215. The number of hydrogen-bond acceptors (Lipinski definition) is 4. The van der Waals surface area contributed by atoms with E-state index in [1.165, 1.54) is 0 Å². The summed E-state index contributed by atoms with van der Waals surface area (Å²) in [5.41, 5.74) is 9.44. The lowest BCUT2D eigenvalue weighted by Crippen LogP contribution is -2.57. The van der Waals surface area contributed by atoms with Crippen molar-refractivity contribution in [3.05, 3.63) is 53.1 Å². The smallest absolute Gasteiger partial charge is 0.291 e. The number of rotatable bonds is 0. The first-order valence-electron chi connectivity index (χ1n) is 6.84. The largest absolute Gasteiger partial charge is 0.455 e. The molecule has 0 bridgehead atoms.